The summed E-state index contributed by atoms with van der Waals surface area (Å²) in [6.45, 7) is -2.46. The molecule has 0 N–H and O–H groups in total. The maximum absolute atomic E-state index is 12.4. The van der Waals surface area contributed by atoms with E-state index in [0.717, 1.165) is 21.5 Å². The number of nitrogens with zero attached hydrogens (tertiary/aromatic N) is 2. The molecule has 1 heterocycles. The Kier molecular flexibility index (Phi) is 6.24. The molecule has 27 heavy (non-hydrogen) atoms. The van der Waals surface area contributed by atoms with Crippen molar-refractivity contribution in [2.24, 2.45) is 0 Å². The second kappa shape index (κ2) is 8.81. The minimum absolute atomic E-state index is 0.0390. The largest absolute Gasteiger partial charge is 0.435 e. The third-order valence-electron chi connectivity index (χ3n) is 3.91. The highest BCUT2D eigenvalue weighted by Gasteiger charge is 2.11. The smallest absolute Gasteiger partial charge is 0.387 e. The average Bonchev–Trinajstić information content (AvgIpc) is 2.67. The normalized spacial score (nSPS) is 11.0. The molecule has 0 aliphatic carbocycles. The Bertz CT molecular complexity index is 919. The number of halogens is 2. The first-order valence-corrected chi connectivity index (χ1v) is 9.26. The van der Waals surface area contributed by atoms with Crippen molar-refractivity contribution in [3.05, 3.63) is 66.2 Å². The molecule has 0 aliphatic rings. The molecule has 1 aromatic heterocycles. The summed E-state index contributed by atoms with van der Waals surface area (Å²) in [7, 11) is 1.71. The zero-order chi connectivity index (χ0) is 19.2. The van der Waals surface area contributed by atoms with Gasteiger partial charge in [-0.25, -0.2) is 4.98 Å². The SMILES string of the molecule is CN(Cc1ccc(OC(F)F)cc1)C(=O)CSc1ccc2ccccc2n1. The van der Waals surface area contributed by atoms with E-state index in [2.05, 4.69) is 9.72 Å². The first-order chi connectivity index (χ1) is 13.0. The molecular formula is C20H18F2N2O2S. The van der Waals surface area contributed by atoms with Crippen LogP contribution in [0.1, 0.15) is 5.56 Å². The number of pyridine rings is 1. The summed E-state index contributed by atoms with van der Waals surface area (Å²) in [6.07, 6.45) is 0. The van der Waals surface area contributed by atoms with Crippen molar-refractivity contribution >= 4 is 28.6 Å². The number of carbonyl (C=O) groups is 1. The van der Waals surface area contributed by atoms with Crippen molar-refractivity contribution in [3.63, 3.8) is 0 Å². The van der Waals surface area contributed by atoms with Gasteiger partial charge in [0.05, 0.1) is 16.3 Å². The van der Waals surface area contributed by atoms with Gasteiger partial charge in [-0.3, -0.25) is 4.79 Å². The van der Waals surface area contributed by atoms with Crippen molar-refractivity contribution in [2.45, 2.75) is 18.2 Å². The van der Waals surface area contributed by atoms with E-state index in [1.54, 1.807) is 24.1 Å². The zero-order valence-corrected chi connectivity index (χ0v) is 15.5. The number of hydrogen-bond acceptors (Lipinski definition) is 4. The first kappa shape index (κ1) is 19.1. The molecule has 4 nitrogen and oxygen atoms in total. The number of aromatic nitrogens is 1. The van der Waals surface area contributed by atoms with Gasteiger partial charge in [-0.1, -0.05) is 48.2 Å². The molecule has 7 heteroatoms. The van der Waals surface area contributed by atoms with Crippen molar-refractivity contribution in [3.8, 4) is 5.75 Å². The summed E-state index contributed by atoms with van der Waals surface area (Å²) >= 11 is 1.39. The molecule has 0 saturated carbocycles. The van der Waals surface area contributed by atoms with E-state index in [-0.39, 0.29) is 17.4 Å². The summed E-state index contributed by atoms with van der Waals surface area (Å²) in [6, 6.07) is 18.0. The molecule has 0 bridgehead atoms. The van der Waals surface area contributed by atoms with Crippen LogP contribution in [0.25, 0.3) is 10.9 Å². The molecule has 2 aromatic carbocycles. The molecule has 140 valence electrons. The van der Waals surface area contributed by atoms with Gasteiger partial charge in [0.15, 0.2) is 0 Å². The van der Waals surface area contributed by atoms with E-state index in [4.69, 9.17) is 0 Å². The first-order valence-electron chi connectivity index (χ1n) is 8.27. The van der Waals surface area contributed by atoms with Gasteiger partial charge in [0.25, 0.3) is 0 Å². The molecule has 0 fully saturated rings. The number of ether oxygens (including phenoxy) is 1. The van der Waals surface area contributed by atoms with Crippen LogP contribution in [0, 0.1) is 0 Å². The number of fused-ring (bicyclic) bond motifs is 1. The molecular weight excluding hydrogens is 370 g/mol. The molecule has 0 aliphatic heterocycles. The average molecular weight is 388 g/mol. The van der Waals surface area contributed by atoms with E-state index >= 15 is 0 Å². The van der Waals surface area contributed by atoms with E-state index in [9.17, 15) is 13.6 Å². The molecule has 0 atom stereocenters. The number of amides is 1. The third kappa shape index (κ3) is 5.40. The molecule has 0 unspecified atom stereocenters. The van der Waals surface area contributed by atoms with Crippen LogP contribution in [-0.2, 0) is 11.3 Å². The second-order valence-electron chi connectivity index (χ2n) is 5.90. The topological polar surface area (TPSA) is 42.4 Å². The quantitative estimate of drug-likeness (QED) is 0.556. The highest BCUT2D eigenvalue weighted by Crippen LogP contribution is 2.21. The van der Waals surface area contributed by atoms with Crippen LogP contribution in [0.5, 0.6) is 5.75 Å². The van der Waals surface area contributed by atoms with Crippen molar-refractivity contribution in [1.82, 2.24) is 9.88 Å². The van der Waals surface area contributed by atoms with Crippen LogP contribution >= 0.6 is 11.8 Å². The summed E-state index contributed by atoms with van der Waals surface area (Å²) in [5.74, 6) is 0.331. The molecule has 0 radical (unpaired) electrons. The van der Waals surface area contributed by atoms with Gasteiger partial charge < -0.3 is 9.64 Å². The fourth-order valence-corrected chi connectivity index (χ4v) is 3.33. The van der Waals surface area contributed by atoms with Gasteiger partial charge >= 0.3 is 6.61 Å². The summed E-state index contributed by atoms with van der Waals surface area (Å²) < 4.78 is 28.6. The van der Waals surface area contributed by atoms with Crippen LogP contribution in [0.2, 0.25) is 0 Å². The lowest BCUT2D eigenvalue weighted by atomic mass is 10.2. The van der Waals surface area contributed by atoms with Crippen molar-refractivity contribution in [2.75, 3.05) is 12.8 Å². The highest BCUT2D eigenvalue weighted by molar-refractivity contribution is 7.99. The minimum atomic E-state index is -2.85. The maximum atomic E-state index is 12.4. The number of alkyl halides is 2. The van der Waals surface area contributed by atoms with Gasteiger partial charge in [0, 0.05) is 19.0 Å². The maximum Gasteiger partial charge on any atom is 0.387 e. The fourth-order valence-electron chi connectivity index (χ4n) is 2.51. The van der Waals surface area contributed by atoms with E-state index in [1.165, 1.54) is 23.9 Å². The van der Waals surface area contributed by atoms with Gasteiger partial charge in [0.1, 0.15) is 5.75 Å². The van der Waals surface area contributed by atoms with Crippen molar-refractivity contribution < 1.29 is 18.3 Å². The number of hydrogen-bond donors (Lipinski definition) is 0. The number of carbonyl (C=O) groups excluding carboxylic acids is 1. The van der Waals surface area contributed by atoms with Gasteiger partial charge in [-0.15, -0.1) is 0 Å². The predicted molar refractivity (Wildman–Crippen MR) is 102 cm³/mol. The molecule has 3 aromatic rings. The zero-order valence-electron chi connectivity index (χ0n) is 14.6. The number of rotatable bonds is 7. The van der Waals surface area contributed by atoms with E-state index in [1.807, 2.05) is 36.4 Å². The molecule has 3 rings (SSSR count). The monoisotopic (exact) mass is 388 g/mol. The minimum Gasteiger partial charge on any atom is -0.435 e. The lowest BCUT2D eigenvalue weighted by molar-refractivity contribution is -0.127. The van der Waals surface area contributed by atoms with Crippen LogP contribution < -0.4 is 4.74 Å². The van der Waals surface area contributed by atoms with Crippen LogP contribution in [0.3, 0.4) is 0 Å². The number of benzene rings is 2. The lowest BCUT2D eigenvalue weighted by Crippen LogP contribution is -2.27. The Morgan fingerprint density at radius 3 is 2.59 bits per heavy atom. The van der Waals surface area contributed by atoms with Crippen LogP contribution in [-0.4, -0.2) is 35.2 Å². The van der Waals surface area contributed by atoms with E-state index in [0.29, 0.717) is 6.54 Å². The lowest BCUT2D eigenvalue weighted by Gasteiger charge is -2.17. The molecule has 0 spiro atoms. The molecule has 0 saturated heterocycles. The standard InChI is InChI=1S/C20H18F2N2O2S/c1-24(12-14-6-9-16(10-7-14)26-20(21)22)19(25)13-27-18-11-8-15-4-2-3-5-17(15)23-18/h2-11,20H,12-13H2,1H3. The van der Waals surface area contributed by atoms with Gasteiger partial charge in [0.2, 0.25) is 5.91 Å². The van der Waals surface area contributed by atoms with Gasteiger partial charge in [-0.2, -0.15) is 8.78 Å². The Hall–Kier alpha value is -2.67. The summed E-state index contributed by atoms with van der Waals surface area (Å²) in [4.78, 5) is 18.5. The van der Waals surface area contributed by atoms with Crippen molar-refractivity contribution in [1.29, 1.82) is 0 Å². The Morgan fingerprint density at radius 1 is 1.11 bits per heavy atom. The van der Waals surface area contributed by atoms with Gasteiger partial charge in [-0.05, 0) is 29.8 Å². The Labute approximate surface area is 160 Å². The number of thioether (sulfide) groups is 1. The molecule has 1 amide bonds. The fraction of sp³-hybridized carbons (Fsp3) is 0.200. The van der Waals surface area contributed by atoms with E-state index < -0.39 is 6.61 Å². The Balaban J connectivity index is 1.53. The predicted octanol–water partition coefficient (Wildman–Crippen LogP) is 4.59. The summed E-state index contributed by atoms with van der Waals surface area (Å²) in [5.41, 5.74) is 1.73. The Morgan fingerprint density at radius 2 is 1.85 bits per heavy atom. The second-order valence-corrected chi connectivity index (χ2v) is 6.90. The summed E-state index contributed by atoms with van der Waals surface area (Å²) in [5, 5.41) is 1.86. The third-order valence-corrected chi connectivity index (χ3v) is 4.82. The van der Waals surface area contributed by atoms with Crippen LogP contribution in [0.15, 0.2) is 65.7 Å². The number of para-hydroxylation sites is 1. The highest BCUT2D eigenvalue weighted by atomic mass is 32.2. The van der Waals surface area contributed by atoms with Crippen LogP contribution in [0.4, 0.5) is 8.78 Å².